The van der Waals surface area contributed by atoms with Crippen molar-refractivity contribution in [1.82, 2.24) is 9.55 Å². The number of rotatable bonds is 2. The Bertz CT molecular complexity index is 796. The summed E-state index contributed by atoms with van der Waals surface area (Å²) in [5.74, 6) is 0. The van der Waals surface area contributed by atoms with Gasteiger partial charge >= 0.3 is 0 Å². The summed E-state index contributed by atoms with van der Waals surface area (Å²) in [7, 11) is -3.74. The fourth-order valence-corrected chi connectivity index (χ4v) is 2.79. The number of H-pyrrole nitrogens is 1. The van der Waals surface area contributed by atoms with E-state index in [1.54, 1.807) is 12.1 Å². The van der Waals surface area contributed by atoms with Crippen LogP contribution in [0.3, 0.4) is 0 Å². The number of nitrogens with one attached hydrogen (secondary N) is 1. The van der Waals surface area contributed by atoms with Crippen molar-refractivity contribution in [2.24, 2.45) is 5.14 Å². The number of aromatic amines is 1. The van der Waals surface area contributed by atoms with Crippen LogP contribution in [0.25, 0.3) is 5.69 Å². The molecule has 3 N–H and O–H groups in total. The van der Waals surface area contributed by atoms with Crippen molar-refractivity contribution in [3.05, 3.63) is 40.9 Å². The molecule has 0 saturated heterocycles. The summed E-state index contributed by atoms with van der Waals surface area (Å²) in [6, 6.07) is 6.43. The Morgan fingerprint density at radius 2 is 1.95 bits per heavy atom. The Kier molecular flexibility index (Phi) is 3.62. The van der Waals surface area contributed by atoms with Gasteiger partial charge in [-0.3, -0.25) is 4.57 Å². The van der Waals surface area contributed by atoms with E-state index in [0.717, 1.165) is 5.69 Å². The van der Waals surface area contributed by atoms with Gasteiger partial charge in [0.15, 0.2) is 4.77 Å². The fraction of sp³-hybridized carbons (Fsp3) is 0.308. The van der Waals surface area contributed by atoms with Crippen molar-refractivity contribution >= 4 is 22.2 Å². The first-order chi connectivity index (χ1) is 9.10. The molecule has 1 heterocycles. The molecule has 2 aromatic rings. The highest BCUT2D eigenvalue weighted by Crippen LogP contribution is 2.26. The quantitative estimate of drug-likeness (QED) is 0.836. The highest BCUT2D eigenvalue weighted by atomic mass is 32.2. The molecule has 0 aliphatic carbocycles. The maximum Gasteiger partial charge on any atom is 0.238 e. The minimum absolute atomic E-state index is 0.0676. The van der Waals surface area contributed by atoms with Gasteiger partial charge in [0.05, 0.1) is 4.90 Å². The summed E-state index contributed by atoms with van der Waals surface area (Å²) in [6.45, 7) is 6.18. The van der Waals surface area contributed by atoms with Gasteiger partial charge in [-0.1, -0.05) is 26.8 Å². The lowest BCUT2D eigenvalue weighted by Gasteiger charge is -2.21. The van der Waals surface area contributed by atoms with Crippen LogP contribution in [0.5, 0.6) is 0 Å². The van der Waals surface area contributed by atoms with Crippen LogP contribution in [0.1, 0.15) is 26.5 Å². The van der Waals surface area contributed by atoms with Crippen molar-refractivity contribution in [3.8, 4) is 5.69 Å². The predicted octanol–water partition coefficient (Wildman–Crippen LogP) is 2.48. The maximum atomic E-state index is 11.5. The van der Waals surface area contributed by atoms with E-state index in [4.69, 9.17) is 17.4 Å². The molecular weight excluding hydrogens is 294 g/mol. The van der Waals surface area contributed by atoms with E-state index in [0.29, 0.717) is 10.5 Å². The number of hydrogen-bond donors (Lipinski definition) is 2. The third-order valence-corrected chi connectivity index (χ3v) is 4.16. The molecule has 0 amide bonds. The van der Waals surface area contributed by atoms with Gasteiger partial charge in [0.1, 0.15) is 0 Å². The smallest absolute Gasteiger partial charge is 0.238 e. The predicted molar refractivity (Wildman–Crippen MR) is 81.0 cm³/mol. The largest absolute Gasteiger partial charge is 0.337 e. The molecule has 0 atom stereocenters. The van der Waals surface area contributed by atoms with Gasteiger partial charge in [-0.25, -0.2) is 13.6 Å². The second-order valence-corrected chi connectivity index (χ2v) is 7.55. The van der Waals surface area contributed by atoms with Crippen LogP contribution >= 0.6 is 12.2 Å². The number of hydrogen-bond acceptors (Lipinski definition) is 3. The number of nitrogens with two attached hydrogens (primary N) is 1. The lowest BCUT2D eigenvalue weighted by atomic mass is 9.92. The number of sulfonamides is 1. The molecule has 20 heavy (non-hydrogen) atoms. The van der Waals surface area contributed by atoms with Gasteiger partial charge in [0.25, 0.3) is 0 Å². The third-order valence-electron chi connectivity index (χ3n) is 2.95. The Hall–Kier alpha value is -1.44. The minimum Gasteiger partial charge on any atom is -0.337 e. The number of benzene rings is 1. The molecule has 0 spiro atoms. The first-order valence-corrected chi connectivity index (χ1v) is 8.00. The van der Waals surface area contributed by atoms with Crippen LogP contribution < -0.4 is 5.14 Å². The molecule has 5 nitrogen and oxygen atoms in total. The highest BCUT2D eigenvalue weighted by Gasteiger charge is 2.20. The number of primary sulfonamides is 1. The zero-order valence-corrected chi connectivity index (χ0v) is 13.2. The summed E-state index contributed by atoms with van der Waals surface area (Å²) in [5, 5.41) is 5.17. The average Bonchev–Trinajstić information content (AvgIpc) is 2.70. The molecule has 0 bridgehead atoms. The van der Waals surface area contributed by atoms with E-state index in [1.807, 2.05) is 10.8 Å². The first-order valence-electron chi connectivity index (χ1n) is 6.05. The molecule has 2 rings (SSSR count). The van der Waals surface area contributed by atoms with Crippen LogP contribution in [0.2, 0.25) is 0 Å². The zero-order chi connectivity index (χ0) is 15.1. The summed E-state index contributed by atoms with van der Waals surface area (Å²) < 4.78 is 25.3. The second kappa shape index (κ2) is 4.83. The molecule has 108 valence electrons. The lowest BCUT2D eigenvalue weighted by molar-refractivity contribution is 0.555. The topological polar surface area (TPSA) is 80.9 Å². The average molecular weight is 311 g/mol. The fourth-order valence-electron chi connectivity index (χ4n) is 1.98. The van der Waals surface area contributed by atoms with Gasteiger partial charge in [-0.15, -0.1) is 0 Å². The Balaban J connectivity index is 2.71. The molecule has 0 saturated carbocycles. The van der Waals surface area contributed by atoms with E-state index in [2.05, 4.69) is 25.8 Å². The van der Waals surface area contributed by atoms with Crippen molar-refractivity contribution < 1.29 is 8.42 Å². The van der Waals surface area contributed by atoms with Gasteiger partial charge in [-0.05, 0) is 30.4 Å². The summed E-state index contributed by atoms with van der Waals surface area (Å²) in [5.41, 5.74) is 1.51. The van der Waals surface area contributed by atoms with Crippen LogP contribution in [0.4, 0.5) is 0 Å². The summed E-state index contributed by atoms with van der Waals surface area (Å²) in [4.78, 5) is 3.07. The number of imidazole rings is 1. The molecule has 7 heteroatoms. The van der Waals surface area contributed by atoms with Gasteiger partial charge in [0, 0.05) is 23.0 Å². The Morgan fingerprint density at radius 1 is 1.30 bits per heavy atom. The standard InChI is InChI=1S/C13H17N3O2S2/c1-13(2,3)11-8-15-12(19)16(11)9-5-4-6-10(7-9)20(14,17)18/h4-8H,1-3H3,(H,15,19)(H2,14,17,18). The van der Waals surface area contributed by atoms with Gasteiger partial charge < -0.3 is 4.98 Å². The molecule has 1 aromatic heterocycles. The monoisotopic (exact) mass is 311 g/mol. The SMILES string of the molecule is CC(C)(C)c1c[nH]c(=S)n1-c1cccc(S(N)(=O)=O)c1. The van der Waals surface area contributed by atoms with Crippen LogP contribution in [-0.2, 0) is 15.4 Å². The van der Waals surface area contributed by atoms with E-state index in [9.17, 15) is 8.42 Å². The van der Waals surface area contributed by atoms with Crippen LogP contribution in [-0.4, -0.2) is 18.0 Å². The van der Waals surface area contributed by atoms with Crippen molar-refractivity contribution in [2.45, 2.75) is 31.1 Å². The molecule has 0 aliphatic heterocycles. The van der Waals surface area contributed by atoms with E-state index in [-0.39, 0.29) is 10.3 Å². The maximum absolute atomic E-state index is 11.5. The van der Waals surface area contributed by atoms with E-state index in [1.165, 1.54) is 12.1 Å². The van der Waals surface area contributed by atoms with Gasteiger partial charge in [-0.2, -0.15) is 0 Å². The molecule has 0 radical (unpaired) electrons. The molecule has 0 fully saturated rings. The summed E-state index contributed by atoms with van der Waals surface area (Å²) in [6.07, 6.45) is 1.84. The Labute approximate surface area is 123 Å². The molecular formula is C13H17N3O2S2. The van der Waals surface area contributed by atoms with Crippen molar-refractivity contribution in [1.29, 1.82) is 0 Å². The number of nitrogens with zero attached hydrogens (tertiary/aromatic N) is 1. The summed E-state index contributed by atoms with van der Waals surface area (Å²) >= 11 is 5.29. The highest BCUT2D eigenvalue weighted by molar-refractivity contribution is 7.89. The molecule has 1 aromatic carbocycles. The first kappa shape index (κ1) is 15.0. The number of aromatic nitrogens is 2. The van der Waals surface area contributed by atoms with Crippen molar-refractivity contribution in [3.63, 3.8) is 0 Å². The third kappa shape index (κ3) is 2.84. The van der Waals surface area contributed by atoms with Gasteiger partial charge in [0.2, 0.25) is 10.0 Å². The molecule has 0 aliphatic rings. The van der Waals surface area contributed by atoms with E-state index < -0.39 is 10.0 Å². The van der Waals surface area contributed by atoms with Crippen molar-refractivity contribution in [2.75, 3.05) is 0 Å². The van der Waals surface area contributed by atoms with Crippen LogP contribution in [0.15, 0.2) is 35.4 Å². The van der Waals surface area contributed by atoms with Crippen LogP contribution in [0, 0.1) is 4.77 Å². The Morgan fingerprint density at radius 3 is 2.50 bits per heavy atom. The lowest BCUT2D eigenvalue weighted by Crippen LogP contribution is -2.17. The second-order valence-electron chi connectivity index (χ2n) is 5.61. The minimum atomic E-state index is -3.74. The molecule has 0 unspecified atom stereocenters. The normalized spacial score (nSPS) is 12.6. The van der Waals surface area contributed by atoms with E-state index >= 15 is 0 Å². The zero-order valence-electron chi connectivity index (χ0n) is 11.5.